The summed E-state index contributed by atoms with van der Waals surface area (Å²) in [6.07, 6.45) is 3.93. The number of aromatic nitrogens is 3. The SMILES string of the molecule is CN(C)c1ncc(-c2cc(C(=O)N3CCCO3)n(CC3CC3)c2)cn1.O=C(O)C(F)(F)F. The van der Waals surface area contributed by atoms with Crippen LogP contribution in [0.15, 0.2) is 24.7 Å². The van der Waals surface area contributed by atoms with Gasteiger partial charge in [0.2, 0.25) is 5.95 Å². The van der Waals surface area contributed by atoms with E-state index in [1.165, 1.54) is 17.9 Å². The number of nitrogens with zero attached hydrogens (tertiary/aromatic N) is 5. The molecule has 1 saturated carbocycles. The van der Waals surface area contributed by atoms with Crippen LogP contribution < -0.4 is 4.90 Å². The second-order valence-corrected chi connectivity index (χ2v) is 7.77. The average molecular weight is 455 g/mol. The van der Waals surface area contributed by atoms with Gasteiger partial charge in [-0.25, -0.2) is 19.8 Å². The second kappa shape index (κ2) is 9.55. The van der Waals surface area contributed by atoms with Gasteiger partial charge in [-0.15, -0.1) is 0 Å². The van der Waals surface area contributed by atoms with Crippen LogP contribution in [0.4, 0.5) is 19.1 Å². The number of amides is 1. The number of alkyl halides is 3. The van der Waals surface area contributed by atoms with Crippen LogP contribution in [0.1, 0.15) is 29.8 Å². The van der Waals surface area contributed by atoms with Crippen LogP contribution in [0.5, 0.6) is 0 Å². The minimum atomic E-state index is -5.08. The number of rotatable bonds is 5. The fourth-order valence-corrected chi connectivity index (χ4v) is 3.01. The van der Waals surface area contributed by atoms with Crippen molar-refractivity contribution in [2.45, 2.75) is 32.0 Å². The van der Waals surface area contributed by atoms with Crippen molar-refractivity contribution in [3.8, 4) is 11.1 Å². The Morgan fingerprint density at radius 3 is 2.31 bits per heavy atom. The topological polar surface area (TPSA) is 101 Å². The lowest BCUT2D eigenvalue weighted by Crippen LogP contribution is -2.28. The highest BCUT2D eigenvalue weighted by atomic mass is 19.4. The molecule has 2 aromatic rings. The van der Waals surface area contributed by atoms with Gasteiger partial charge in [0, 0.05) is 50.4 Å². The van der Waals surface area contributed by atoms with E-state index in [2.05, 4.69) is 14.5 Å². The first-order valence-corrected chi connectivity index (χ1v) is 10.0. The fraction of sp³-hybridized carbons (Fsp3) is 0.500. The number of carbonyl (C=O) groups is 2. The molecule has 0 bridgehead atoms. The molecule has 0 atom stereocenters. The summed E-state index contributed by atoms with van der Waals surface area (Å²) in [7, 11) is 3.82. The minimum absolute atomic E-state index is 0.0600. The maximum atomic E-state index is 12.8. The molecule has 0 aromatic carbocycles. The Labute approximate surface area is 182 Å². The third-order valence-electron chi connectivity index (χ3n) is 4.86. The number of aliphatic carboxylic acids is 1. The smallest absolute Gasteiger partial charge is 0.475 e. The predicted molar refractivity (Wildman–Crippen MR) is 108 cm³/mol. The van der Waals surface area contributed by atoms with Crippen LogP contribution >= 0.6 is 0 Å². The molecule has 174 valence electrons. The van der Waals surface area contributed by atoms with E-state index in [9.17, 15) is 18.0 Å². The van der Waals surface area contributed by atoms with E-state index in [1.807, 2.05) is 31.3 Å². The number of carboxylic acids is 1. The van der Waals surface area contributed by atoms with Gasteiger partial charge < -0.3 is 14.6 Å². The van der Waals surface area contributed by atoms with E-state index in [0.717, 1.165) is 24.1 Å². The number of hydrogen-bond donors (Lipinski definition) is 1. The Hall–Kier alpha value is -3.15. The quantitative estimate of drug-likeness (QED) is 0.740. The first-order valence-electron chi connectivity index (χ1n) is 10.0. The zero-order valence-corrected chi connectivity index (χ0v) is 17.7. The van der Waals surface area contributed by atoms with Gasteiger partial charge in [-0.1, -0.05) is 0 Å². The average Bonchev–Trinajstić information content (AvgIpc) is 3.22. The van der Waals surface area contributed by atoms with Crippen molar-refractivity contribution >= 4 is 17.8 Å². The van der Waals surface area contributed by atoms with Crippen molar-refractivity contribution in [3.63, 3.8) is 0 Å². The molecular formula is C20H24F3N5O4. The largest absolute Gasteiger partial charge is 0.490 e. The molecule has 12 heteroatoms. The molecule has 32 heavy (non-hydrogen) atoms. The molecule has 2 aromatic heterocycles. The maximum Gasteiger partial charge on any atom is 0.490 e. The molecule has 9 nitrogen and oxygen atoms in total. The summed E-state index contributed by atoms with van der Waals surface area (Å²) in [5, 5.41) is 8.61. The maximum absolute atomic E-state index is 12.8. The molecule has 4 rings (SSSR count). The van der Waals surface area contributed by atoms with Crippen molar-refractivity contribution in [2.75, 3.05) is 32.1 Å². The van der Waals surface area contributed by atoms with Crippen molar-refractivity contribution in [3.05, 3.63) is 30.4 Å². The molecular weight excluding hydrogens is 431 g/mol. The predicted octanol–water partition coefficient (Wildman–Crippen LogP) is 2.83. The van der Waals surface area contributed by atoms with E-state index in [-0.39, 0.29) is 5.91 Å². The van der Waals surface area contributed by atoms with Gasteiger partial charge in [0.05, 0.1) is 13.2 Å². The molecule has 0 unspecified atom stereocenters. The lowest BCUT2D eigenvalue weighted by molar-refractivity contribution is -0.192. The number of hydroxylamine groups is 2. The summed E-state index contributed by atoms with van der Waals surface area (Å²) < 4.78 is 33.8. The number of hydrogen-bond acceptors (Lipinski definition) is 6. The fourth-order valence-electron chi connectivity index (χ4n) is 3.01. The first-order chi connectivity index (χ1) is 15.1. The third kappa shape index (κ3) is 5.96. The van der Waals surface area contributed by atoms with E-state index in [4.69, 9.17) is 14.7 Å². The van der Waals surface area contributed by atoms with E-state index >= 15 is 0 Å². The summed E-state index contributed by atoms with van der Waals surface area (Å²) in [6.45, 7) is 2.15. The standard InChI is InChI=1S/C18H23N5O2.C2HF3O2/c1-21(2)18-19-9-15(10-20-18)14-8-16(17(24)23-6-3-7-25-23)22(12-14)11-13-4-5-13;3-2(4,5)1(6)7/h8-10,12-13H,3-7,11H2,1-2H3;(H,6,7). The summed E-state index contributed by atoms with van der Waals surface area (Å²) in [4.78, 5) is 37.7. The van der Waals surface area contributed by atoms with Crippen molar-refractivity contribution in [2.24, 2.45) is 5.92 Å². The number of carboxylic acid groups (broad SMARTS) is 1. The molecule has 1 N–H and O–H groups in total. The molecule has 3 heterocycles. The Morgan fingerprint density at radius 1 is 1.22 bits per heavy atom. The molecule has 1 aliphatic heterocycles. The Balaban J connectivity index is 0.000000360. The molecule has 0 spiro atoms. The van der Waals surface area contributed by atoms with Crippen LogP contribution in [-0.2, 0) is 16.2 Å². The summed E-state index contributed by atoms with van der Waals surface area (Å²) in [6, 6.07) is 1.93. The van der Waals surface area contributed by atoms with Crippen molar-refractivity contribution in [1.29, 1.82) is 0 Å². The molecule has 2 aliphatic rings. The third-order valence-corrected chi connectivity index (χ3v) is 4.86. The van der Waals surface area contributed by atoms with Gasteiger partial charge in [0.25, 0.3) is 5.91 Å². The monoisotopic (exact) mass is 455 g/mol. The summed E-state index contributed by atoms with van der Waals surface area (Å²) >= 11 is 0. The summed E-state index contributed by atoms with van der Waals surface area (Å²) in [5.41, 5.74) is 2.56. The lowest BCUT2D eigenvalue weighted by Gasteiger charge is -2.15. The Morgan fingerprint density at radius 2 is 1.84 bits per heavy atom. The van der Waals surface area contributed by atoms with E-state index in [0.29, 0.717) is 30.7 Å². The normalized spacial score (nSPS) is 15.8. The molecule has 1 saturated heterocycles. The number of halogens is 3. The zero-order valence-electron chi connectivity index (χ0n) is 17.7. The first kappa shape index (κ1) is 23.5. The van der Waals surface area contributed by atoms with Crippen LogP contribution in [0, 0.1) is 5.92 Å². The van der Waals surface area contributed by atoms with Crippen LogP contribution in [0.2, 0.25) is 0 Å². The minimum Gasteiger partial charge on any atom is -0.475 e. The molecule has 0 radical (unpaired) electrons. The van der Waals surface area contributed by atoms with Gasteiger partial charge in [0.15, 0.2) is 0 Å². The van der Waals surface area contributed by atoms with Gasteiger partial charge in [-0.05, 0) is 31.2 Å². The van der Waals surface area contributed by atoms with Crippen LogP contribution in [0.25, 0.3) is 11.1 Å². The highest BCUT2D eigenvalue weighted by molar-refractivity contribution is 5.93. The zero-order chi connectivity index (χ0) is 23.5. The number of anilines is 1. The molecule has 2 fully saturated rings. The molecule has 1 aliphatic carbocycles. The van der Waals surface area contributed by atoms with Gasteiger partial charge in [-0.2, -0.15) is 13.2 Å². The highest BCUT2D eigenvalue weighted by Crippen LogP contribution is 2.33. The second-order valence-electron chi connectivity index (χ2n) is 7.77. The van der Waals surface area contributed by atoms with Gasteiger partial charge in [-0.3, -0.25) is 9.63 Å². The highest BCUT2D eigenvalue weighted by Gasteiger charge is 2.38. The number of carbonyl (C=O) groups excluding carboxylic acids is 1. The Kier molecular flexibility index (Phi) is 7.02. The van der Waals surface area contributed by atoms with E-state index < -0.39 is 12.1 Å². The van der Waals surface area contributed by atoms with E-state index in [1.54, 1.807) is 12.4 Å². The van der Waals surface area contributed by atoms with Gasteiger partial charge >= 0.3 is 12.1 Å². The van der Waals surface area contributed by atoms with Crippen LogP contribution in [0.3, 0.4) is 0 Å². The Bertz CT molecular complexity index is 949. The van der Waals surface area contributed by atoms with Crippen molar-refractivity contribution < 1.29 is 32.7 Å². The molecule has 1 amide bonds. The van der Waals surface area contributed by atoms with Gasteiger partial charge in [0.1, 0.15) is 5.69 Å². The summed E-state index contributed by atoms with van der Waals surface area (Å²) in [5.74, 6) is -1.47. The van der Waals surface area contributed by atoms with Crippen LogP contribution in [-0.4, -0.2) is 70.0 Å². The van der Waals surface area contributed by atoms with Crippen molar-refractivity contribution in [1.82, 2.24) is 19.6 Å². The lowest BCUT2D eigenvalue weighted by atomic mass is 10.2.